The van der Waals surface area contributed by atoms with Crippen molar-refractivity contribution in [3.05, 3.63) is 102 Å². The molecule has 5 aromatic rings. The molecule has 0 N–H and O–H groups in total. The summed E-state index contributed by atoms with van der Waals surface area (Å²) in [7, 11) is 0. The largest absolute Gasteiger partial charge is 0.355 e. The maximum Gasteiger partial charge on any atom is 0.175 e. The minimum Gasteiger partial charge on any atom is -0.355 e. The van der Waals surface area contributed by atoms with Crippen molar-refractivity contribution in [1.82, 2.24) is 5.16 Å². The normalized spacial score (nSPS) is 11.6. The zero-order valence-electron chi connectivity index (χ0n) is 14.7. The molecule has 1 aromatic heterocycles. The first kappa shape index (κ1) is 15.6. The van der Waals surface area contributed by atoms with Crippen LogP contribution in [-0.2, 0) is 0 Å². The van der Waals surface area contributed by atoms with Crippen molar-refractivity contribution in [1.29, 1.82) is 0 Å². The fraction of sp³-hybridized carbons (Fsp3) is 0. The van der Waals surface area contributed by atoms with Gasteiger partial charge in [-0.25, -0.2) is 0 Å². The summed E-state index contributed by atoms with van der Waals surface area (Å²) in [5.41, 5.74) is 4.24. The van der Waals surface area contributed by atoms with E-state index in [0.29, 0.717) is 0 Å². The Morgan fingerprint density at radius 3 is 2.33 bits per heavy atom. The lowest BCUT2D eigenvalue weighted by Gasteiger charge is -2.04. The minimum absolute atomic E-state index is 0.816. The highest BCUT2D eigenvalue weighted by Crippen LogP contribution is 2.34. The second-order valence-electron chi connectivity index (χ2n) is 6.56. The number of rotatable bonds is 3. The van der Waals surface area contributed by atoms with Crippen molar-refractivity contribution in [3.63, 3.8) is 0 Å². The number of hydrogen-bond acceptors (Lipinski definition) is 2. The molecule has 0 atom stereocenters. The van der Waals surface area contributed by atoms with Crippen LogP contribution in [0.1, 0.15) is 11.1 Å². The summed E-state index contributed by atoms with van der Waals surface area (Å²) in [6.45, 7) is 0. The Morgan fingerprint density at radius 2 is 1.41 bits per heavy atom. The Balaban J connectivity index is 1.63. The van der Waals surface area contributed by atoms with Gasteiger partial charge in [0.25, 0.3) is 0 Å². The third-order valence-electron chi connectivity index (χ3n) is 4.80. The Bertz CT molecular complexity index is 1260. The van der Waals surface area contributed by atoms with Gasteiger partial charge in [0.15, 0.2) is 5.76 Å². The van der Waals surface area contributed by atoms with Crippen LogP contribution in [0, 0.1) is 0 Å². The summed E-state index contributed by atoms with van der Waals surface area (Å²) in [6, 6.07) is 31.1. The van der Waals surface area contributed by atoms with Crippen LogP contribution in [0.3, 0.4) is 0 Å². The molecular weight excluding hydrogens is 330 g/mol. The average molecular weight is 347 g/mol. The Hall–Kier alpha value is -3.65. The minimum atomic E-state index is 0.816. The van der Waals surface area contributed by atoms with Gasteiger partial charge >= 0.3 is 0 Å². The molecule has 0 saturated carbocycles. The van der Waals surface area contributed by atoms with Crippen molar-refractivity contribution >= 4 is 33.8 Å². The lowest BCUT2D eigenvalue weighted by molar-refractivity contribution is 0.441. The molecule has 0 amide bonds. The predicted octanol–water partition coefficient (Wildman–Crippen LogP) is 6.82. The molecule has 0 unspecified atom stereocenters. The quantitative estimate of drug-likeness (QED) is 0.335. The smallest absolute Gasteiger partial charge is 0.175 e. The van der Waals surface area contributed by atoms with Crippen LogP contribution >= 0.6 is 0 Å². The molecule has 1 heterocycles. The summed E-state index contributed by atoms with van der Waals surface area (Å²) in [4.78, 5) is 0. The van der Waals surface area contributed by atoms with Gasteiger partial charge in [-0.2, -0.15) is 0 Å². The van der Waals surface area contributed by atoms with Gasteiger partial charge in [0.2, 0.25) is 0 Å². The first-order chi connectivity index (χ1) is 13.4. The van der Waals surface area contributed by atoms with Crippen LogP contribution in [-0.4, -0.2) is 5.16 Å². The maximum absolute atomic E-state index is 5.75. The molecule has 0 aliphatic rings. The molecule has 0 bridgehead atoms. The summed E-state index contributed by atoms with van der Waals surface area (Å²) in [5.74, 6) is 0.816. The highest BCUT2D eigenvalue weighted by molar-refractivity contribution is 6.03. The standard InChI is InChI=1S/C25H17NO/c1-2-7-18(8-3-1)13-14-19-15-16-24-23(17-19)25(27-26-24)22-12-6-10-20-9-4-5-11-21(20)22/h1-17H/b14-13+. The predicted molar refractivity (Wildman–Crippen MR) is 112 cm³/mol. The van der Waals surface area contributed by atoms with Gasteiger partial charge in [-0.3, -0.25) is 0 Å². The second kappa shape index (κ2) is 6.58. The monoisotopic (exact) mass is 347 g/mol. The van der Waals surface area contributed by atoms with Crippen LogP contribution in [0.25, 0.3) is 45.2 Å². The molecule has 0 radical (unpaired) electrons. The highest BCUT2D eigenvalue weighted by atomic mass is 16.5. The van der Waals surface area contributed by atoms with E-state index in [9.17, 15) is 0 Å². The first-order valence-corrected chi connectivity index (χ1v) is 8.99. The molecule has 27 heavy (non-hydrogen) atoms. The summed E-state index contributed by atoms with van der Waals surface area (Å²) >= 11 is 0. The molecule has 0 aliphatic heterocycles. The molecule has 128 valence electrons. The number of aromatic nitrogens is 1. The highest BCUT2D eigenvalue weighted by Gasteiger charge is 2.13. The van der Waals surface area contributed by atoms with E-state index >= 15 is 0 Å². The third kappa shape index (κ3) is 2.91. The van der Waals surface area contributed by atoms with Crippen LogP contribution in [0.2, 0.25) is 0 Å². The van der Waals surface area contributed by atoms with Crippen LogP contribution in [0.15, 0.2) is 95.5 Å². The number of nitrogens with zero attached hydrogens (tertiary/aromatic N) is 1. The molecule has 0 spiro atoms. The zero-order chi connectivity index (χ0) is 18.1. The van der Waals surface area contributed by atoms with E-state index in [1.165, 1.54) is 16.3 Å². The fourth-order valence-electron chi connectivity index (χ4n) is 3.44. The molecular formula is C25H17NO. The molecule has 0 aliphatic carbocycles. The van der Waals surface area contributed by atoms with Crippen LogP contribution in [0.5, 0.6) is 0 Å². The van der Waals surface area contributed by atoms with Gasteiger partial charge in [-0.15, -0.1) is 0 Å². The Morgan fingerprint density at radius 1 is 0.630 bits per heavy atom. The molecule has 2 heteroatoms. The molecule has 0 fully saturated rings. The fourth-order valence-corrected chi connectivity index (χ4v) is 3.44. The van der Waals surface area contributed by atoms with E-state index in [1.54, 1.807) is 0 Å². The second-order valence-corrected chi connectivity index (χ2v) is 6.56. The molecule has 0 saturated heterocycles. The van der Waals surface area contributed by atoms with Crippen molar-refractivity contribution in [2.45, 2.75) is 0 Å². The van der Waals surface area contributed by atoms with E-state index in [4.69, 9.17) is 4.52 Å². The molecule has 5 rings (SSSR count). The maximum atomic E-state index is 5.75. The van der Waals surface area contributed by atoms with Gasteiger partial charge in [-0.05, 0) is 34.0 Å². The lowest BCUT2D eigenvalue weighted by Crippen LogP contribution is -1.80. The zero-order valence-corrected chi connectivity index (χ0v) is 14.7. The molecule has 2 nitrogen and oxygen atoms in total. The number of hydrogen-bond donors (Lipinski definition) is 0. The summed E-state index contributed by atoms with van der Waals surface area (Å²) < 4.78 is 5.75. The number of benzene rings is 4. The third-order valence-corrected chi connectivity index (χ3v) is 4.80. The van der Waals surface area contributed by atoms with Gasteiger partial charge in [-0.1, -0.05) is 96.2 Å². The van der Waals surface area contributed by atoms with Crippen molar-refractivity contribution in [2.24, 2.45) is 0 Å². The SMILES string of the molecule is C(=C\c1ccc2noc(-c3cccc4ccccc34)c2c1)/c1ccccc1. The van der Waals surface area contributed by atoms with E-state index in [-0.39, 0.29) is 0 Å². The van der Waals surface area contributed by atoms with E-state index < -0.39 is 0 Å². The number of fused-ring (bicyclic) bond motifs is 2. The Labute approximate surface area is 157 Å². The van der Waals surface area contributed by atoms with E-state index in [0.717, 1.165) is 27.8 Å². The van der Waals surface area contributed by atoms with Gasteiger partial charge < -0.3 is 4.52 Å². The summed E-state index contributed by atoms with van der Waals surface area (Å²) in [6.07, 6.45) is 4.24. The van der Waals surface area contributed by atoms with Gasteiger partial charge in [0.1, 0.15) is 5.52 Å². The van der Waals surface area contributed by atoms with E-state index in [2.05, 4.69) is 84.0 Å². The molecule has 4 aromatic carbocycles. The topological polar surface area (TPSA) is 26.0 Å². The van der Waals surface area contributed by atoms with Gasteiger partial charge in [0.05, 0.1) is 5.39 Å². The van der Waals surface area contributed by atoms with Crippen molar-refractivity contribution < 1.29 is 4.52 Å². The van der Waals surface area contributed by atoms with Crippen LogP contribution in [0.4, 0.5) is 0 Å². The van der Waals surface area contributed by atoms with Crippen molar-refractivity contribution in [3.8, 4) is 11.3 Å². The summed E-state index contributed by atoms with van der Waals surface area (Å²) in [5, 5.41) is 7.66. The first-order valence-electron chi connectivity index (χ1n) is 8.99. The lowest BCUT2D eigenvalue weighted by atomic mass is 10.00. The van der Waals surface area contributed by atoms with Gasteiger partial charge in [0, 0.05) is 5.56 Å². The van der Waals surface area contributed by atoms with Crippen LogP contribution < -0.4 is 0 Å². The van der Waals surface area contributed by atoms with E-state index in [1.807, 2.05) is 24.3 Å². The Kier molecular flexibility index (Phi) is 3.80. The van der Waals surface area contributed by atoms with Crippen molar-refractivity contribution in [2.75, 3.05) is 0 Å². The average Bonchev–Trinajstić information content (AvgIpc) is 3.16.